The Balaban J connectivity index is 0.661. The summed E-state index contributed by atoms with van der Waals surface area (Å²) in [7, 11) is -10.2. The minimum Gasteiger partial charge on any atom is -0.393 e. The lowest BCUT2D eigenvalue weighted by Crippen LogP contribution is -2.52. The molecule has 26 atom stereocenters. The Morgan fingerprint density at radius 2 is 0.974 bits per heavy atom. The number of aliphatic hydroxyl groups excluding tert-OH is 1. The number of rotatable bonds is 29. The van der Waals surface area contributed by atoms with Crippen molar-refractivity contribution in [2.45, 2.75) is 175 Å². The Hall–Kier alpha value is -6.17. The van der Waals surface area contributed by atoms with E-state index in [1.165, 1.54) is 72.2 Å². The molecule has 114 heavy (non-hydrogen) atoms. The number of fused-ring (bicyclic) bond motifs is 9. The molecule has 618 valence electrons. The SMILES string of the molecule is COP(=O)(S)O[C@@H]1C[C@H](n2cc(C)c(=O)[nH]c2=O)O[C@@H]1COP(O)(=S)O[C@@H]1C[C@H](n2cnc3c(N)ncnc32)O[C@@H]1COP(=O)(O)O[C@@H]1C2O[C@@H](C)[C@]1(COP(=O)(O)O[C@@H]1C3O[C@@H](C)[C@]1(COP(O)(=S)O[C@@H]1C4O[C@@H](C)[C@]1(CO)O[C@H]4n1cnc4c(N)ncnc41)O[C@H]3n1cc(C)c(N)nc1=O)O[C@H]2n1cnc2c(N)ncnc21. The average molecular weight is 1750 g/mol. The second-order valence-corrected chi connectivity index (χ2v) is 39.1. The largest absolute Gasteiger partial charge is 0.472 e. The number of aromatic nitrogens is 16. The molecule has 0 aliphatic carbocycles. The fourth-order valence-electron chi connectivity index (χ4n) is 15.3. The van der Waals surface area contributed by atoms with E-state index in [1.54, 1.807) is 13.8 Å². The van der Waals surface area contributed by atoms with Crippen molar-refractivity contribution in [2.75, 3.05) is 63.1 Å². The quantitative estimate of drug-likeness (QED) is 0.0222. The highest BCUT2D eigenvalue weighted by Crippen LogP contribution is 2.64. The maximum absolute atomic E-state index is 15.2. The Labute approximate surface area is 655 Å². The van der Waals surface area contributed by atoms with E-state index in [2.05, 4.69) is 67.1 Å². The number of anilines is 4. The van der Waals surface area contributed by atoms with E-state index in [4.69, 9.17) is 130 Å². The lowest BCUT2D eigenvalue weighted by Gasteiger charge is -2.38. The van der Waals surface area contributed by atoms with Crippen molar-refractivity contribution >= 4 is 129 Å². The van der Waals surface area contributed by atoms with Crippen LogP contribution in [0.5, 0.6) is 0 Å². The summed E-state index contributed by atoms with van der Waals surface area (Å²) in [6.07, 6.45) is -15.0. The Morgan fingerprint density at radius 1 is 0.544 bits per heavy atom. The van der Waals surface area contributed by atoms with Gasteiger partial charge in [0, 0.05) is 43.5 Å². The summed E-state index contributed by atoms with van der Waals surface area (Å²) >= 11 is 15.2. The van der Waals surface area contributed by atoms with Gasteiger partial charge in [0.25, 0.3) is 5.56 Å². The number of phosphoric ester groups is 2. The maximum Gasteiger partial charge on any atom is 0.472 e. The van der Waals surface area contributed by atoms with Crippen LogP contribution in [0.15, 0.2) is 64.7 Å². The van der Waals surface area contributed by atoms with E-state index in [0.29, 0.717) is 5.56 Å². The lowest BCUT2D eigenvalue weighted by atomic mass is 9.94. The second kappa shape index (κ2) is 30.0. The van der Waals surface area contributed by atoms with Crippen molar-refractivity contribution < 1.29 is 122 Å². The van der Waals surface area contributed by atoms with Gasteiger partial charge in [-0.05, 0) is 58.2 Å². The molecule has 49 nitrogen and oxygen atoms in total. The molecule has 16 heterocycles. The third kappa shape index (κ3) is 14.5. The first-order valence-electron chi connectivity index (χ1n) is 34.4. The Bertz CT molecular complexity index is 5560. The summed E-state index contributed by atoms with van der Waals surface area (Å²) in [4.78, 5) is 131. The number of H-pyrrole nitrogens is 1. The number of hydrogen-bond acceptors (Lipinski definition) is 41. The molecule has 8 aromatic heterocycles. The lowest BCUT2D eigenvalue weighted by molar-refractivity contribution is -0.219. The van der Waals surface area contributed by atoms with Crippen LogP contribution in [-0.2, 0) is 120 Å². The van der Waals surface area contributed by atoms with Crippen molar-refractivity contribution in [1.82, 2.24) is 77.7 Å². The van der Waals surface area contributed by atoms with Gasteiger partial charge >= 0.3 is 47.3 Å². The smallest absolute Gasteiger partial charge is 0.393 e. The summed E-state index contributed by atoms with van der Waals surface area (Å²) in [5, 5.41) is 11.0. The first-order valence-corrected chi connectivity index (χ1v) is 45.3. The van der Waals surface area contributed by atoms with Gasteiger partial charge in [-0.1, -0.05) is 12.2 Å². The molecule has 0 saturated carbocycles. The molecular formula is C57H73N20O29P5S3. The minimum absolute atomic E-state index is 0.00391. The third-order valence-corrected chi connectivity index (χ3v) is 27.9. The van der Waals surface area contributed by atoms with Crippen molar-refractivity contribution in [3.63, 3.8) is 0 Å². The summed E-state index contributed by atoms with van der Waals surface area (Å²) in [5.41, 5.74) is 17.2. The molecule has 8 unspecified atom stereocenters. The monoisotopic (exact) mass is 1750 g/mol. The zero-order chi connectivity index (χ0) is 81.1. The molecule has 0 aromatic carbocycles. The van der Waals surface area contributed by atoms with Gasteiger partial charge in [-0.25, -0.2) is 68.1 Å². The minimum atomic E-state index is -5.71. The van der Waals surface area contributed by atoms with Crippen molar-refractivity contribution in [1.29, 1.82) is 0 Å². The fraction of sp³-hybridized carbons (Fsp3) is 0.596. The number of phosphoric acid groups is 2. The average Bonchev–Trinajstić information content (AvgIpc) is 1.56. The number of nitrogens with zero attached hydrogens (tertiary/aromatic N) is 15. The molecule has 14 N–H and O–H groups in total. The normalized spacial score (nSPS) is 35.0. The topological polar surface area (TPSA) is 643 Å². The van der Waals surface area contributed by atoms with E-state index in [0.717, 1.165) is 28.9 Å². The van der Waals surface area contributed by atoms with Crippen LogP contribution in [0.25, 0.3) is 33.5 Å². The molecule has 0 radical (unpaired) electrons. The number of nitrogen functional groups attached to an aromatic ring is 4. The standard InChI is InChI=1S/C57H73N20O29P5S3/c1-22-9-74(53(80)71-42(22)58)50-37-40(57(100-50,26(5)95-37)15-93-111(88,114)106-39-36-51(99-55(39,13-78)24(3)94-36)76-20-69-34-44(60)63-17-66-47(34)76)105-108(84,85)92-14-56-25(4)96-38(52(101-56)77-21-70-35-45(61)64-18-67-48(35)77)41(56)104-107(82,83)90-11-29-28(8-32(98-29)75-19-68-33-43(59)62-16-65-46(33)75)103-110(87,113)91-12-30-27(102-109(86,112)89-6)7-31(97-30)73-10-23(2)49(79)72-54(73)81/h9-10,16-21,24-32,36-41,50-52,78H,7-8,11-15H2,1-6H3,(H,82,83)(H,84,85)(H,86,112)(H,87,113)(H,88,114)(H2,58,71,80)(H2,59,62,65)(H2,60,63,66)(H2,61,64,67)(H,72,79,81)/t24-,25-,26-,27+,28+,29+,30+,31+,32+,36?,37?,38?,39+,40+,41+,50+,51+,52+,55-,56-,57-,109?,110?,111?/m0/s1. The molecule has 0 spiro atoms. The molecule has 8 saturated heterocycles. The molecule has 16 rings (SSSR count). The fourth-order valence-corrected chi connectivity index (χ4v) is 21.2. The van der Waals surface area contributed by atoms with E-state index in [-0.39, 0.29) is 75.2 Å². The number of imidazole rings is 3. The number of hydrogen-bond donors (Lipinski definition) is 11. The van der Waals surface area contributed by atoms with Gasteiger partial charge in [-0.2, -0.15) is 4.98 Å². The number of aliphatic hydroxyl groups is 1. The van der Waals surface area contributed by atoms with Gasteiger partial charge in [0.05, 0.1) is 76.4 Å². The van der Waals surface area contributed by atoms with Crippen LogP contribution in [0.4, 0.5) is 23.3 Å². The van der Waals surface area contributed by atoms with Gasteiger partial charge < -0.3 is 104 Å². The summed E-state index contributed by atoms with van der Waals surface area (Å²) < 4.78 is 160. The molecule has 6 bridgehead atoms. The highest BCUT2D eigenvalue weighted by Gasteiger charge is 2.73. The van der Waals surface area contributed by atoms with Gasteiger partial charge in [-0.15, -0.1) is 0 Å². The summed E-state index contributed by atoms with van der Waals surface area (Å²) in [6.45, 7) is -10.2. The van der Waals surface area contributed by atoms with Gasteiger partial charge in [0.2, 0.25) is 0 Å². The number of aryl methyl sites for hydroxylation is 2. The van der Waals surface area contributed by atoms with Gasteiger partial charge in [0.15, 0.2) is 53.1 Å². The van der Waals surface area contributed by atoms with Gasteiger partial charge in [0.1, 0.15) is 126 Å². The van der Waals surface area contributed by atoms with Crippen LogP contribution >= 0.6 is 48.1 Å². The Kier molecular flexibility index (Phi) is 21.4. The van der Waals surface area contributed by atoms with E-state index < -0.39 is 213 Å². The maximum atomic E-state index is 15.2. The molecule has 8 aliphatic heterocycles. The first kappa shape index (κ1) is 81.6. The van der Waals surface area contributed by atoms with Crippen LogP contribution in [-0.4, -0.2) is 239 Å². The van der Waals surface area contributed by atoms with E-state index in [9.17, 15) is 48.2 Å². The predicted molar refractivity (Wildman–Crippen MR) is 393 cm³/mol. The highest BCUT2D eigenvalue weighted by molar-refractivity contribution is 8.44. The summed E-state index contributed by atoms with van der Waals surface area (Å²) in [5.74, 6) is -0.139. The van der Waals surface area contributed by atoms with Crippen molar-refractivity contribution in [3.8, 4) is 0 Å². The number of aromatic amines is 1. The van der Waals surface area contributed by atoms with E-state index >= 15 is 4.57 Å². The van der Waals surface area contributed by atoms with E-state index in [1.807, 2.05) is 0 Å². The molecule has 8 fully saturated rings. The molecular weight excluding hydrogens is 1680 g/mol. The van der Waals surface area contributed by atoms with Crippen LogP contribution in [0.1, 0.15) is 75.9 Å². The van der Waals surface area contributed by atoms with Crippen molar-refractivity contribution in [2.24, 2.45) is 0 Å². The molecule has 8 aromatic rings. The molecule has 57 heteroatoms. The first-order chi connectivity index (χ1) is 53.9. The molecule has 0 amide bonds. The van der Waals surface area contributed by atoms with Crippen LogP contribution in [0, 0.1) is 13.8 Å². The van der Waals surface area contributed by atoms with Crippen molar-refractivity contribution in [3.05, 3.63) is 92.8 Å². The zero-order valence-electron chi connectivity index (χ0n) is 60.0. The van der Waals surface area contributed by atoms with Crippen LogP contribution < -0.4 is 39.9 Å². The van der Waals surface area contributed by atoms with Crippen LogP contribution in [0.3, 0.4) is 0 Å². The Morgan fingerprint density at radius 3 is 1.50 bits per heavy atom. The number of thiol groups is 1. The zero-order valence-corrected chi connectivity index (χ0v) is 67.0. The highest BCUT2D eigenvalue weighted by atomic mass is 32.7. The second-order valence-electron chi connectivity index (χ2n) is 27.8. The summed E-state index contributed by atoms with van der Waals surface area (Å²) in [6, 6.07) is 0. The predicted octanol–water partition coefficient (Wildman–Crippen LogP) is 0.302. The molecule has 8 aliphatic rings. The van der Waals surface area contributed by atoms with Crippen LogP contribution in [0.2, 0.25) is 0 Å². The number of nitrogens with one attached hydrogen (secondary N) is 1. The number of nitrogens with two attached hydrogens (primary N) is 4. The van der Waals surface area contributed by atoms with Gasteiger partial charge in [-0.3, -0.25) is 59.8 Å². The third-order valence-electron chi connectivity index (χ3n) is 21.1. The number of ether oxygens (including phenoxy) is 8.